The third-order valence-electron chi connectivity index (χ3n) is 5.46. The molecule has 1 aromatic heterocycles. The van der Waals surface area contributed by atoms with Gasteiger partial charge in [0.1, 0.15) is 11.9 Å². The number of anilines is 1. The van der Waals surface area contributed by atoms with Gasteiger partial charge in [0.05, 0.1) is 6.61 Å². The van der Waals surface area contributed by atoms with Gasteiger partial charge in [-0.15, -0.1) is 0 Å². The maximum absolute atomic E-state index is 12.3. The lowest BCUT2D eigenvalue weighted by Gasteiger charge is -2.34. The van der Waals surface area contributed by atoms with Crippen LogP contribution in [0.15, 0.2) is 12.1 Å². The monoisotopic (exact) mass is 374 g/mol. The highest BCUT2D eigenvalue weighted by Gasteiger charge is 2.35. The van der Waals surface area contributed by atoms with Gasteiger partial charge in [0, 0.05) is 24.7 Å². The molecule has 1 saturated carbocycles. The summed E-state index contributed by atoms with van der Waals surface area (Å²) in [4.78, 5) is 28.8. The highest BCUT2D eigenvalue weighted by Crippen LogP contribution is 2.36. The Kier molecular flexibility index (Phi) is 6.66. The first-order chi connectivity index (χ1) is 13.1. The summed E-state index contributed by atoms with van der Waals surface area (Å²) in [5.74, 6) is 1.25. The topological polar surface area (TPSA) is 92.3 Å². The fourth-order valence-electron chi connectivity index (χ4n) is 3.79. The summed E-state index contributed by atoms with van der Waals surface area (Å²) in [6.07, 6.45) is 4.93. The van der Waals surface area contributed by atoms with Gasteiger partial charge in [-0.05, 0) is 63.6 Å². The Morgan fingerprint density at radius 1 is 1.37 bits per heavy atom. The molecule has 0 unspecified atom stereocenters. The minimum atomic E-state index is -0.503. The number of carbonyl (C=O) groups excluding carboxylic acids is 2. The number of amides is 1. The molecule has 1 aromatic rings. The molecule has 0 aromatic carbocycles. The minimum Gasteiger partial charge on any atom is -0.465 e. The number of likely N-dealkylation sites (N-methyl/N-ethyl adjacent to an activating group) is 1. The number of carbonyl (C=O) groups is 2. The largest absolute Gasteiger partial charge is 0.465 e. The van der Waals surface area contributed by atoms with Crippen molar-refractivity contribution in [3.05, 3.63) is 23.4 Å². The summed E-state index contributed by atoms with van der Waals surface area (Å²) < 4.78 is 4.99. The van der Waals surface area contributed by atoms with Crippen molar-refractivity contribution < 1.29 is 14.3 Å². The predicted octanol–water partition coefficient (Wildman–Crippen LogP) is 1.28. The van der Waals surface area contributed by atoms with E-state index in [2.05, 4.69) is 28.1 Å². The first-order valence-corrected chi connectivity index (χ1v) is 9.95. The number of rotatable bonds is 8. The fraction of sp³-hybridized carbons (Fsp3) is 0.650. The molecule has 1 atom stereocenters. The van der Waals surface area contributed by atoms with Crippen LogP contribution in [0.5, 0.6) is 0 Å². The molecule has 148 valence electrons. The van der Waals surface area contributed by atoms with Crippen LogP contribution in [0, 0.1) is 11.8 Å². The third kappa shape index (κ3) is 4.97. The molecule has 0 radical (unpaired) electrons. The van der Waals surface area contributed by atoms with Gasteiger partial charge in [-0.25, -0.2) is 4.98 Å². The van der Waals surface area contributed by atoms with Gasteiger partial charge < -0.3 is 20.7 Å². The standard InChI is InChI=1S/C20H30N4O3/c1-3-27-20(26)17(21-2)12-23-19(25)15-9-13(10-15)11-16-7-6-14-5-4-8-22-18(14)24-16/h6-7,13,15,17,21H,3-5,8-12H2,1-2H3,(H,22,24)(H,23,25)/t13?,15?,17-/m0/s1. The Bertz CT molecular complexity index is 673. The van der Waals surface area contributed by atoms with Crippen LogP contribution >= 0.6 is 0 Å². The van der Waals surface area contributed by atoms with Gasteiger partial charge in [0.25, 0.3) is 0 Å². The van der Waals surface area contributed by atoms with Gasteiger partial charge in [-0.2, -0.15) is 0 Å². The Balaban J connectivity index is 1.41. The molecule has 0 bridgehead atoms. The molecule has 3 rings (SSSR count). The number of pyridine rings is 1. The Labute approximate surface area is 160 Å². The lowest BCUT2D eigenvalue weighted by Crippen LogP contribution is -2.48. The van der Waals surface area contributed by atoms with Crippen LogP contribution in [0.25, 0.3) is 0 Å². The van der Waals surface area contributed by atoms with Gasteiger partial charge >= 0.3 is 5.97 Å². The number of ether oxygens (including phenoxy) is 1. The molecule has 2 heterocycles. The molecular weight excluding hydrogens is 344 g/mol. The second kappa shape index (κ2) is 9.17. The van der Waals surface area contributed by atoms with E-state index in [0.29, 0.717) is 12.5 Å². The lowest BCUT2D eigenvalue weighted by atomic mass is 9.72. The molecular formula is C20H30N4O3. The molecule has 7 nitrogen and oxygen atoms in total. The quantitative estimate of drug-likeness (QED) is 0.594. The minimum absolute atomic E-state index is 0.0239. The Hall–Kier alpha value is -2.15. The summed E-state index contributed by atoms with van der Waals surface area (Å²) in [6.45, 7) is 3.36. The molecule has 3 N–H and O–H groups in total. The van der Waals surface area contributed by atoms with E-state index in [0.717, 1.165) is 50.2 Å². The van der Waals surface area contributed by atoms with Crippen molar-refractivity contribution in [3.63, 3.8) is 0 Å². The number of aryl methyl sites for hydroxylation is 1. The zero-order valence-electron chi connectivity index (χ0n) is 16.2. The maximum Gasteiger partial charge on any atom is 0.324 e. The molecule has 1 aliphatic heterocycles. The average Bonchev–Trinajstić information content (AvgIpc) is 2.64. The summed E-state index contributed by atoms with van der Waals surface area (Å²) >= 11 is 0. The number of esters is 1. The predicted molar refractivity (Wildman–Crippen MR) is 103 cm³/mol. The normalized spacial score (nSPS) is 22.0. The van der Waals surface area contributed by atoms with E-state index < -0.39 is 6.04 Å². The van der Waals surface area contributed by atoms with Crippen molar-refractivity contribution in [3.8, 4) is 0 Å². The van der Waals surface area contributed by atoms with Crippen molar-refractivity contribution in [2.24, 2.45) is 11.8 Å². The third-order valence-corrected chi connectivity index (χ3v) is 5.46. The van der Waals surface area contributed by atoms with Crippen LogP contribution in [0.2, 0.25) is 0 Å². The van der Waals surface area contributed by atoms with Crippen molar-refractivity contribution >= 4 is 17.7 Å². The summed E-state index contributed by atoms with van der Waals surface area (Å²) in [5, 5.41) is 9.12. The van der Waals surface area contributed by atoms with Crippen LogP contribution in [-0.2, 0) is 27.2 Å². The fourth-order valence-corrected chi connectivity index (χ4v) is 3.79. The SMILES string of the molecule is CCOC(=O)[C@H](CNC(=O)C1CC(Cc2ccc3c(n2)NCCC3)C1)NC. The Morgan fingerprint density at radius 3 is 2.93 bits per heavy atom. The second-order valence-corrected chi connectivity index (χ2v) is 7.42. The second-order valence-electron chi connectivity index (χ2n) is 7.42. The van der Waals surface area contributed by atoms with E-state index in [1.54, 1.807) is 14.0 Å². The molecule has 7 heteroatoms. The number of nitrogens with zero attached hydrogens (tertiary/aromatic N) is 1. The number of aromatic nitrogens is 1. The van der Waals surface area contributed by atoms with Crippen molar-refractivity contribution in [2.45, 2.75) is 45.1 Å². The van der Waals surface area contributed by atoms with E-state index in [4.69, 9.17) is 9.72 Å². The van der Waals surface area contributed by atoms with Gasteiger partial charge in [0.2, 0.25) is 5.91 Å². The number of nitrogens with one attached hydrogen (secondary N) is 3. The average molecular weight is 374 g/mol. The highest BCUT2D eigenvalue weighted by molar-refractivity contribution is 5.81. The summed E-state index contributed by atoms with van der Waals surface area (Å²) in [6, 6.07) is 3.80. The first-order valence-electron chi connectivity index (χ1n) is 9.95. The van der Waals surface area contributed by atoms with Crippen LogP contribution in [0.3, 0.4) is 0 Å². The van der Waals surface area contributed by atoms with E-state index in [-0.39, 0.29) is 24.3 Å². The molecule has 27 heavy (non-hydrogen) atoms. The van der Waals surface area contributed by atoms with Crippen molar-refractivity contribution in [2.75, 3.05) is 32.1 Å². The maximum atomic E-state index is 12.3. The zero-order chi connectivity index (χ0) is 19.2. The number of hydrogen-bond donors (Lipinski definition) is 3. The van der Waals surface area contributed by atoms with Gasteiger partial charge in [-0.3, -0.25) is 9.59 Å². The molecule has 0 saturated heterocycles. The first kappa shape index (κ1) is 19.6. The van der Waals surface area contributed by atoms with Crippen LogP contribution < -0.4 is 16.0 Å². The van der Waals surface area contributed by atoms with E-state index in [9.17, 15) is 9.59 Å². The molecule has 0 spiro atoms. The highest BCUT2D eigenvalue weighted by atomic mass is 16.5. The van der Waals surface area contributed by atoms with Gasteiger partial charge in [0.15, 0.2) is 0 Å². The van der Waals surface area contributed by atoms with E-state index in [1.165, 1.54) is 5.56 Å². The molecule has 1 aliphatic carbocycles. The number of hydrogen-bond acceptors (Lipinski definition) is 6. The molecule has 1 amide bonds. The van der Waals surface area contributed by atoms with Crippen molar-refractivity contribution in [1.82, 2.24) is 15.6 Å². The van der Waals surface area contributed by atoms with Crippen LogP contribution in [0.1, 0.15) is 37.4 Å². The smallest absolute Gasteiger partial charge is 0.324 e. The van der Waals surface area contributed by atoms with Crippen LogP contribution in [0.4, 0.5) is 5.82 Å². The lowest BCUT2D eigenvalue weighted by molar-refractivity contribution is -0.145. The summed E-state index contributed by atoms with van der Waals surface area (Å²) in [7, 11) is 1.69. The Morgan fingerprint density at radius 2 is 2.19 bits per heavy atom. The van der Waals surface area contributed by atoms with E-state index >= 15 is 0 Å². The van der Waals surface area contributed by atoms with E-state index in [1.807, 2.05) is 0 Å². The molecule has 1 fully saturated rings. The zero-order valence-corrected chi connectivity index (χ0v) is 16.2. The molecule has 2 aliphatic rings. The summed E-state index contributed by atoms with van der Waals surface area (Å²) in [5.41, 5.74) is 2.40. The van der Waals surface area contributed by atoms with Gasteiger partial charge in [-0.1, -0.05) is 6.07 Å². The van der Waals surface area contributed by atoms with Crippen molar-refractivity contribution in [1.29, 1.82) is 0 Å². The van der Waals surface area contributed by atoms with Crippen LogP contribution in [-0.4, -0.2) is 49.6 Å². The number of fused-ring (bicyclic) bond motifs is 1.